The number of hydrogen-bond donors (Lipinski definition) is 0. The minimum absolute atomic E-state index is 0.0755. The average molecular weight is 682 g/mol. The molecule has 52 heavy (non-hydrogen) atoms. The van der Waals surface area contributed by atoms with Gasteiger partial charge in [-0.2, -0.15) is 0 Å². The second-order valence-electron chi connectivity index (χ2n) is 16.8. The van der Waals surface area contributed by atoms with Crippen molar-refractivity contribution in [2.45, 2.75) is 37.5 Å². The molecule has 0 atom stereocenters. The van der Waals surface area contributed by atoms with Crippen LogP contribution < -0.4 is 25.6 Å². The predicted octanol–water partition coefficient (Wildman–Crippen LogP) is 9.70. The van der Waals surface area contributed by atoms with Gasteiger partial charge >= 0.3 is 0 Å². The van der Waals surface area contributed by atoms with E-state index in [4.69, 9.17) is 0 Å². The lowest BCUT2D eigenvalue weighted by atomic mass is 9.41. The highest BCUT2D eigenvalue weighted by atomic mass is 28.3. The molecule has 248 valence electrons. The van der Waals surface area contributed by atoms with Gasteiger partial charge in [-0.3, -0.25) is 0 Å². The van der Waals surface area contributed by atoms with Crippen molar-refractivity contribution < 1.29 is 0 Å². The molecule has 0 aromatic heterocycles. The topological polar surface area (TPSA) is 3.24 Å². The largest absolute Gasteiger partial charge is 0.309 e. The molecule has 0 radical (unpaired) electrons. The first kappa shape index (κ1) is 28.4. The van der Waals surface area contributed by atoms with Gasteiger partial charge in [-0.25, -0.2) is 0 Å². The Labute approximate surface area is 306 Å². The van der Waals surface area contributed by atoms with Crippen molar-refractivity contribution in [2.24, 2.45) is 23.7 Å². The Morgan fingerprint density at radius 1 is 0.462 bits per heavy atom. The summed E-state index contributed by atoms with van der Waals surface area (Å²) in [6.45, 7) is 0. The van der Waals surface area contributed by atoms with Crippen molar-refractivity contribution in [1.82, 2.24) is 0 Å². The average Bonchev–Trinajstić information content (AvgIpc) is 3.66. The zero-order valence-corrected chi connectivity index (χ0v) is 30.2. The van der Waals surface area contributed by atoms with E-state index >= 15 is 0 Å². The van der Waals surface area contributed by atoms with E-state index in [-0.39, 0.29) is 5.41 Å². The van der Waals surface area contributed by atoms with Gasteiger partial charge in [-0.05, 0) is 133 Å². The summed E-state index contributed by atoms with van der Waals surface area (Å²) in [6.07, 6.45) is 7.02. The van der Waals surface area contributed by atoms with Gasteiger partial charge in [0.1, 0.15) is 0 Å². The maximum atomic E-state index is 2.71. The molecule has 7 aromatic carbocycles. The van der Waals surface area contributed by atoms with Gasteiger partial charge in [0, 0.05) is 16.5 Å². The molecule has 4 aliphatic carbocycles. The van der Waals surface area contributed by atoms with E-state index in [0.29, 0.717) is 11.8 Å². The summed E-state index contributed by atoms with van der Waals surface area (Å²) in [6, 6.07) is 59.4. The minimum atomic E-state index is -2.57. The van der Waals surface area contributed by atoms with Crippen LogP contribution in [0.25, 0.3) is 33.0 Å². The molecular formula is C50H39NSi. The number of nitrogens with zero attached hydrogens (tertiary/aromatic N) is 1. The van der Waals surface area contributed by atoms with E-state index < -0.39 is 8.07 Å². The normalized spacial score (nSPS) is 25.9. The van der Waals surface area contributed by atoms with Gasteiger partial charge in [0.15, 0.2) is 8.07 Å². The fraction of sp³-hybridized carbons (Fsp3) is 0.200. The van der Waals surface area contributed by atoms with Gasteiger partial charge in [-0.1, -0.05) is 133 Å². The Morgan fingerprint density at radius 3 is 1.69 bits per heavy atom. The minimum Gasteiger partial charge on any atom is -0.309 e. The standard InChI is InChI=1S/C50H39NSi/c1-2-12-37-33(11-1)21-24-43-49(37)51(44-17-7-6-16-42(44)50(43)34-26-31-25-32(28-34)29-35(50)27-31)36-22-23-41-40-15-5-10-20-47(40)52(48(41)30-36)45-18-8-3-13-38(45)39-14-4-9-19-46(39)52/h1-24,30-32,34-35H,25-29H2. The Hall–Kier alpha value is -5.18. The molecule has 2 spiro atoms. The van der Waals surface area contributed by atoms with Crippen LogP contribution in [0.4, 0.5) is 17.1 Å². The van der Waals surface area contributed by atoms with Crippen LogP contribution in [0.2, 0.25) is 0 Å². The van der Waals surface area contributed by atoms with Crippen LogP contribution in [0.15, 0.2) is 152 Å². The lowest BCUT2D eigenvalue weighted by molar-refractivity contribution is -0.0418. The van der Waals surface area contributed by atoms with E-state index in [1.165, 1.54) is 103 Å². The molecule has 7 aromatic rings. The first-order valence-electron chi connectivity index (χ1n) is 19.6. The van der Waals surface area contributed by atoms with E-state index in [1.54, 1.807) is 11.1 Å². The maximum Gasteiger partial charge on any atom is 0.182 e. The van der Waals surface area contributed by atoms with Crippen molar-refractivity contribution in [1.29, 1.82) is 0 Å². The molecule has 0 unspecified atom stereocenters. The molecule has 3 aliphatic heterocycles. The van der Waals surface area contributed by atoms with E-state index in [0.717, 1.165) is 11.8 Å². The summed E-state index contributed by atoms with van der Waals surface area (Å²) in [5.41, 5.74) is 13.0. The molecule has 3 heterocycles. The molecule has 1 nitrogen and oxygen atoms in total. The number of hydrogen-bond acceptors (Lipinski definition) is 1. The Bertz CT molecular complexity index is 2590. The summed E-state index contributed by atoms with van der Waals surface area (Å²) < 4.78 is 0. The zero-order valence-electron chi connectivity index (χ0n) is 29.2. The summed E-state index contributed by atoms with van der Waals surface area (Å²) in [4.78, 5) is 2.71. The van der Waals surface area contributed by atoms with Crippen LogP contribution in [-0.2, 0) is 5.41 Å². The van der Waals surface area contributed by atoms with E-state index in [1.807, 2.05) is 0 Å². The van der Waals surface area contributed by atoms with Crippen LogP contribution >= 0.6 is 0 Å². The van der Waals surface area contributed by atoms with Crippen molar-refractivity contribution in [3.63, 3.8) is 0 Å². The Balaban J connectivity index is 1.12. The van der Waals surface area contributed by atoms with Gasteiger partial charge in [0.2, 0.25) is 0 Å². The molecule has 0 amide bonds. The fourth-order valence-corrected chi connectivity index (χ4v) is 19.0. The van der Waals surface area contributed by atoms with Gasteiger partial charge < -0.3 is 4.90 Å². The predicted molar refractivity (Wildman–Crippen MR) is 218 cm³/mol. The summed E-state index contributed by atoms with van der Waals surface area (Å²) in [7, 11) is -2.57. The van der Waals surface area contributed by atoms with Crippen molar-refractivity contribution in [2.75, 3.05) is 4.90 Å². The maximum absolute atomic E-state index is 2.71. The third-order valence-corrected chi connectivity index (χ3v) is 19.8. The first-order chi connectivity index (χ1) is 25.8. The quantitative estimate of drug-likeness (QED) is 0.156. The number of para-hydroxylation sites is 1. The summed E-state index contributed by atoms with van der Waals surface area (Å²) in [5, 5.41) is 8.88. The van der Waals surface area contributed by atoms with Crippen molar-refractivity contribution in [3.8, 4) is 22.3 Å². The van der Waals surface area contributed by atoms with Crippen LogP contribution in [0, 0.1) is 23.7 Å². The van der Waals surface area contributed by atoms with Gasteiger partial charge in [0.25, 0.3) is 0 Å². The molecule has 0 saturated heterocycles. The summed E-state index contributed by atoms with van der Waals surface area (Å²) in [5.74, 6) is 3.25. The Kier molecular flexibility index (Phi) is 5.36. The second kappa shape index (κ2) is 9.82. The third-order valence-electron chi connectivity index (χ3n) is 14.8. The number of fused-ring (bicyclic) bond motifs is 14. The van der Waals surface area contributed by atoms with Crippen LogP contribution in [0.1, 0.15) is 43.2 Å². The van der Waals surface area contributed by atoms with Gasteiger partial charge in [0.05, 0.1) is 11.4 Å². The molecule has 2 heteroatoms. The van der Waals surface area contributed by atoms with Gasteiger partial charge in [-0.15, -0.1) is 0 Å². The zero-order chi connectivity index (χ0) is 33.8. The monoisotopic (exact) mass is 681 g/mol. The SMILES string of the molecule is c1ccc2c(c1)-c1ccccc1[Si]21c2ccccc2-c2ccc(N3c4ccccc4C4(c5ccc6ccccc6c53)C3CC5CC(C3)CC4C5)cc21. The lowest BCUT2D eigenvalue weighted by Gasteiger charge is -2.64. The third kappa shape index (κ3) is 3.21. The first-order valence-corrected chi connectivity index (χ1v) is 21.6. The summed E-state index contributed by atoms with van der Waals surface area (Å²) >= 11 is 0. The van der Waals surface area contributed by atoms with Crippen LogP contribution in [0.5, 0.6) is 0 Å². The van der Waals surface area contributed by atoms with Crippen LogP contribution in [0.3, 0.4) is 0 Å². The molecular weight excluding hydrogens is 643 g/mol. The lowest BCUT2D eigenvalue weighted by Crippen LogP contribution is -2.70. The fourth-order valence-electron chi connectivity index (χ4n) is 13.4. The van der Waals surface area contributed by atoms with E-state index in [2.05, 4.69) is 157 Å². The molecule has 4 saturated carbocycles. The number of anilines is 3. The van der Waals surface area contributed by atoms with E-state index in [9.17, 15) is 0 Å². The van der Waals surface area contributed by atoms with Crippen molar-refractivity contribution in [3.05, 3.63) is 163 Å². The number of benzene rings is 7. The highest BCUT2D eigenvalue weighted by Gasteiger charge is 2.62. The molecule has 4 bridgehead atoms. The second-order valence-corrected chi connectivity index (χ2v) is 20.5. The molecule has 4 fully saturated rings. The molecule has 0 N–H and O–H groups in total. The molecule has 14 rings (SSSR count). The Morgan fingerprint density at radius 2 is 1.02 bits per heavy atom. The molecule has 7 aliphatic rings. The number of rotatable bonds is 1. The van der Waals surface area contributed by atoms with Crippen molar-refractivity contribution >= 4 is 56.7 Å². The van der Waals surface area contributed by atoms with Crippen LogP contribution in [-0.4, -0.2) is 8.07 Å². The highest BCUT2D eigenvalue weighted by Crippen LogP contribution is 2.70. The smallest absolute Gasteiger partial charge is 0.182 e. The highest BCUT2D eigenvalue weighted by molar-refractivity contribution is 7.24.